The van der Waals surface area contributed by atoms with E-state index in [-0.39, 0.29) is 0 Å². The first-order chi connectivity index (χ1) is 8.88. The minimum Gasteiger partial charge on any atom is -0.384 e. The second-order valence-electron chi connectivity index (χ2n) is 5.35. The Bertz CT molecular complexity index is 506. The van der Waals surface area contributed by atoms with E-state index in [0.29, 0.717) is 17.6 Å². The van der Waals surface area contributed by atoms with E-state index >= 15 is 0 Å². The monoisotopic (exact) mass is 256 g/mol. The fourth-order valence-electron chi connectivity index (χ4n) is 2.58. The van der Waals surface area contributed by atoms with Crippen LogP contribution < -0.4 is 0 Å². The van der Waals surface area contributed by atoms with Crippen LogP contribution in [-0.2, 0) is 0 Å². The molecule has 0 heterocycles. The third kappa shape index (κ3) is 2.86. The van der Waals surface area contributed by atoms with Gasteiger partial charge in [0.25, 0.3) is 0 Å². The van der Waals surface area contributed by atoms with Crippen molar-refractivity contribution < 1.29 is 10.2 Å². The summed E-state index contributed by atoms with van der Waals surface area (Å²) in [6.45, 7) is 11.7. The molecule has 2 nitrogen and oxygen atoms in total. The second-order valence-corrected chi connectivity index (χ2v) is 5.35. The quantitative estimate of drug-likeness (QED) is 0.797. The molecule has 0 spiro atoms. The first-order valence-electron chi connectivity index (χ1n) is 6.39. The van der Waals surface area contributed by atoms with E-state index in [1.807, 2.05) is 38.2 Å². The van der Waals surface area contributed by atoms with Gasteiger partial charge in [-0.25, -0.2) is 0 Å². The van der Waals surface area contributed by atoms with E-state index in [1.165, 1.54) is 0 Å². The molecular formula is C17H20O2. The molecule has 2 rings (SSSR count). The molecule has 2 atom stereocenters. The highest BCUT2D eigenvalue weighted by atomic mass is 16.3. The maximum Gasteiger partial charge on any atom is 0.100 e. The summed E-state index contributed by atoms with van der Waals surface area (Å²) in [5, 5.41) is 20.3. The molecule has 0 fully saturated rings. The topological polar surface area (TPSA) is 40.5 Å². The van der Waals surface area contributed by atoms with Gasteiger partial charge in [-0.2, -0.15) is 0 Å². The summed E-state index contributed by atoms with van der Waals surface area (Å²) in [5.41, 5.74) is 5.29. The van der Waals surface area contributed by atoms with Crippen molar-refractivity contribution in [2.24, 2.45) is 0 Å². The number of rotatable bonds is 2. The summed E-state index contributed by atoms with van der Waals surface area (Å²) < 4.78 is 0. The summed E-state index contributed by atoms with van der Waals surface area (Å²) >= 11 is 0. The third-order valence-electron chi connectivity index (χ3n) is 3.47. The molecule has 2 N–H and O–H groups in total. The largest absolute Gasteiger partial charge is 0.384 e. The van der Waals surface area contributed by atoms with Gasteiger partial charge in [0.1, 0.15) is 12.2 Å². The molecule has 0 aromatic rings. The molecule has 100 valence electrons. The highest BCUT2D eigenvalue weighted by Crippen LogP contribution is 2.31. The van der Waals surface area contributed by atoms with Gasteiger partial charge in [-0.05, 0) is 42.6 Å². The molecule has 0 aliphatic heterocycles. The lowest BCUT2D eigenvalue weighted by Gasteiger charge is -2.25. The van der Waals surface area contributed by atoms with Crippen LogP contribution in [0.25, 0.3) is 0 Å². The van der Waals surface area contributed by atoms with Gasteiger partial charge in [-0.1, -0.05) is 48.6 Å². The van der Waals surface area contributed by atoms with Gasteiger partial charge in [0.05, 0.1) is 0 Å². The van der Waals surface area contributed by atoms with Crippen LogP contribution in [-0.4, -0.2) is 22.4 Å². The van der Waals surface area contributed by atoms with Gasteiger partial charge in [-0.15, -0.1) is 0 Å². The van der Waals surface area contributed by atoms with Gasteiger partial charge in [0.15, 0.2) is 0 Å². The lowest BCUT2D eigenvalue weighted by molar-refractivity contribution is 0.232. The first kappa shape index (κ1) is 13.8. The highest BCUT2D eigenvalue weighted by Gasteiger charge is 2.23. The predicted octanol–water partition coefficient (Wildman–Crippen LogP) is 2.98. The van der Waals surface area contributed by atoms with E-state index in [9.17, 15) is 10.2 Å². The summed E-state index contributed by atoms with van der Waals surface area (Å²) in [7, 11) is 0. The SMILES string of the molecule is C=C1C=C(C)C=C(CC2=CC(C)=CC(=C)C2O)C1O. The van der Waals surface area contributed by atoms with Crippen molar-refractivity contribution in [1.29, 1.82) is 0 Å². The van der Waals surface area contributed by atoms with E-state index in [2.05, 4.69) is 13.2 Å². The van der Waals surface area contributed by atoms with Gasteiger partial charge in [0.2, 0.25) is 0 Å². The Hall–Kier alpha value is -1.64. The van der Waals surface area contributed by atoms with Crippen molar-refractivity contribution in [2.75, 3.05) is 0 Å². The maximum atomic E-state index is 10.1. The van der Waals surface area contributed by atoms with E-state index in [4.69, 9.17) is 0 Å². The number of allylic oxidation sites excluding steroid dienone is 4. The molecule has 2 heteroatoms. The zero-order chi connectivity index (χ0) is 14.2. The molecule has 0 aromatic carbocycles. The lowest BCUT2D eigenvalue weighted by Crippen LogP contribution is -2.21. The van der Waals surface area contributed by atoms with Gasteiger partial charge in [-0.3, -0.25) is 0 Å². The van der Waals surface area contributed by atoms with E-state index in [1.54, 1.807) is 0 Å². The predicted molar refractivity (Wildman–Crippen MR) is 78.6 cm³/mol. The van der Waals surface area contributed by atoms with Crippen LogP contribution in [0.1, 0.15) is 20.3 Å². The number of hydrogen-bond acceptors (Lipinski definition) is 2. The molecule has 0 radical (unpaired) electrons. The molecule has 0 amide bonds. The van der Waals surface area contributed by atoms with Crippen molar-refractivity contribution in [3.8, 4) is 0 Å². The highest BCUT2D eigenvalue weighted by molar-refractivity contribution is 5.48. The molecule has 0 saturated heterocycles. The Morgan fingerprint density at radius 3 is 1.58 bits per heavy atom. The van der Waals surface area contributed by atoms with Gasteiger partial charge in [0, 0.05) is 0 Å². The van der Waals surface area contributed by atoms with Crippen LogP contribution in [0.15, 0.2) is 70.9 Å². The Labute approximate surface area is 114 Å². The molecule has 2 unspecified atom stereocenters. The number of hydrogen-bond donors (Lipinski definition) is 2. The molecule has 0 aromatic heterocycles. The normalized spacial score (nSPS) is 27.6. The molecule has 2 aliphatic rings. The third-order valence-corrected chi connectivity index (χ3v) is 3.47. The van der Waals surface area contributed by atoms with Crippen molar-refractivity contribution >= 4 is 0 Å². The Morgan fingerprint density at radius 2 is 1.21 bits per heavy atom. The zero-order valence-electron chi connectivity index (χ0n) is 11.5. The van der Waals surface area contributed by atoms with Crippen molar-refractivity contribution in [2.45, 2.75) is 32.5 Å². The fraction of sp³-hybridized carbons (Fsp3) is 0.294. The number of aliphatic hydroxyl groups excluding tert-OH is 2. The van der Waals surface area contributed by atoms with Gasteiger partial charge >= 0.3 is 0 Å². The van der Waals surface area contributed by atoms with Crippen LogP contribution in [0.3, 0.4) is 0 Å². The minimum absolute atomic E-state index is 0.538. The molecule has 0 bridgehead atoms. The molecule has 2 aliphatic carbocycles. The van der Waals surface area contributed by atoms with Crippen LogP contribution in [0, 0.1) is 0 Å². The summed E-state index contributed by atoms with van der Waals surface area (Å²) in [6.07, 6.45) is 6.91. The Balaban J connectivity index is 2.26. The van der Waals surface area contributed by atoms with Crippen LogP contribution in [0.5, 0.6) is 0 Å². The maximum absolute atomic E-state index is 10.1. The average Bonchev–Trinajstić information content (AvgIpc) is 2.31. The van der Waals surface area contributed by atoms with Crippen molar-refractivity contribution in [1.82, 2.24) is 0 Å². The summed E-state index contributed by atoms with van der Waals surface area (Å²) in [5.74, 6) is 0. The first-order valence-corrected chi connectivity index (χ1v) is 6.39. The molecular weight excluding hydrogens is 236 g/mol. The molecule has 19 heavy (non-hydrogen) atoms. The smallest absolute Gasteiger partial charge is 0.100 e. The van der Waals surface area contributed by atoms with Crippen molar-refractivity contribution in [3.05, 3.63) is 70.9 Å². The summed E-state index contributed by atoms with van der Waals surface area (Å²) in [4.78, 5) is 0. The summed E-state index contributed by atoms with van der Waals surface area (Å²) in [6, 6.07) is 0. The van der Waals surface area contributed by atoms with Crippen molar-refractivity contribution in [3.63, 3.8) is 0 Å². The standard InChI is InChI=1S/C17H20O2/c1-10-5-12(3)16(18)14(7-10)9-15-8-11(2)6-13(4)17(15)19/h5-8,16-19H,3-4,9H2,1-2H3. The van der Waals surface area contributed by atoms with Crippen LogP contribution in [0.4, 0.5) is 0 Å². The average molecular weight is 256 g/mol. The zero-order valence-corrected chi connectivity index (χ0v) is 11.5. The Kier molecular flexibility index (Phi) is 3.74. The fourth-order valence-corrected chi connectivity index (χ4v) is 2.58. The second kappa shape index (κ2) is 5.16. The number of aliphatic hydroxyl groups is 2. The lowest BCUT2D eigenvalue weighted by atomic mass is 9.84. The van der Waals surface area contributed by atoms with Crippen LogP contribution in [0.2, 0.25) is 0 Å². The van der Waals surface area contributed by atoms with E-state index < -0.39 is 12.2 Å². The molecule has 0 saturated carbocycles. The minimum atomic E-state index is -0.656. The van der Waals surface area contributed by atoms with Crippen LogP contribution >= 0.6 is 0 Å². The van der Waals surface area contributed by atoms with E-state index in [0.717, 1.165) is 22.3 Å². The van der Waals surface area contributed by atoms with Gasteiger partial charge < -0.3 is 10.2 Å². The Morgan fingerprint density at radius 1 is 0.842 bits per heavy atom.